The van der Waals surface area contributed by atoms with E-state index in [2.05, 4.69) is 24.2 Å². The van der Waals surface area contributed by atoms with Gasteiger partial charge in [-0.15, -0.1) is 0 Å². The lowest BCUT2D eigenvalue weighted by Gasteiger charge is -2.16. The molecule has 0 bridgehead atoms. The average molecular weight is 142 g/mol. The van der Waals surface area contributed by atoms with Crippen molar-refractivity contribution in [1.82, 2.24) is 5.32 Å². The minimum atomic E-state index is 0. The van der Waals surface area contributed by atoms with E-state index in [1.54, 1.807) is 0 Å². The molecule has 60 valence electrons. The zero-order valence-corrected chi connectivity index (χ0v) is 6.15. The summed E-state index contributed by atoms with van der Waals surface area (Å²) < 4.78 is 0. The normalized spacial score (nSPS) is 17.3. The van der Waals surface area contributed by atoms with Gasteiger partial charge >= 0.3 is 0 Å². The van der Waals surface area contributed by atoms with E-state index in [0.717, 1.165) is 13.1 Å². The number of hydrogen-bond donors (Lipinski definition) is 1. The highest BCUT2D eigenvalue weighted by molar-refractivity contribution is 5.84. The van der Waals surface area contributed by atoms with E-state index in [4.69, 9.17) is 0 Å². The Balaban J connectivity index is 0.000000810. The first-order valence-corrected chi connectivity index (χ1v) is 3.59. The van der Waals surface area contributed by atoms with Crippen LogP contribution in [0.3, 0.4) is 0 Å². The molecule has 0 fully saturated rings. The van der Waals surface area contributed by atoms with Crippen LogP contribution in [-0.2, 0) is 0 Å². The Morgan fingerprint density at radius 2 is 2.20 bits per heavy atom. The van der Waals surface area contributed by atoms with Gasteiger partial charge in [0, 0.05) is 19.0 Å². The van der Waals surface area contributed by atoms with Gasteiger partial charge in [-0.25, -0.2) is 0 Å². The number of hydrogen-bond acceptors (Lipinski definition) is 2. The number of rotatable bonds is 1. The van der Waals surface area contributed by atoms with Crippen molar-refractivity contribution < 1.29 is 0 Å². The van der Waals surface area contributed by atoms with E-state index in [1.165, 1.54) is 12.3 Å². The van der Waals surface area contributed by atoms with Gasteiger partial charge in [-0.05, 0) is 6.42 Å². The van der Waals surface area contributed by atoms with Gasteiger partial charge in [0.2, 0.25) is 0 Å². The molecule has 0 saturated heterocycles. The van der Waals surface area contributed by atoms with Crippen LogP contribution in [-0.4, -0.2) is 18.9 Å². The van der Waals surface area contributed by atoms with Crippen LogP contribution in [0.5, 0.6) is 0 Å². The molecule has 0 aromatic rings. The second-order valence-corrected chi connectivity index (χ2v) is 2.70. The Morgan fingerprint density at radius 3 is 2.50 bits per heavy atom. The molecule has 0 aromatic heterocycles. The lowest BCUT2D eigenvalue weighted by atomic mass is 10.2. The maximum Gasteiger partial charge on any atom is 0.0988 e. The van der Waals surface area contributed by atoms with E-state index in [-0.39, 0.29) is 7.43 Å². The molecular weight excluding hydrogens is 124 g/mol. The molecule has 0 spiro atoms. The van der Waals surface area contributed by atoms with Gasteiger partial charge in [0.1, 0.15) is 0 Å². The fourth-order valence-electron chi connectivity index (χ4n) is 0.938. The molecule has 1 aliphatic rings. The monoisotopic (exact) mass is 142 g/mol. The molecule has 1 aliphatic heterocycles. The van der Waals surface area contributed by atoms with Crippen molar-refractivity contribution in [2.75, 3.05) is 13.1 Å². The van der Waals surface area contributed by atoms with E-state index < -0.39 is 0 Å². The van der Waals surface area contributed by atoms with E-state index in [9.17, 15) is 0 Å². The summed E-state index contributed by atoms with van der Waals surface area (Å²) in [5.74, 6) is 1.76. The van der Waals surface area contributed by atoms with Gasteiger partial charge in [0.05, 0.1) is 5.84 Å². The molecule has 0 saturated carbocycles. The Bertz CT molecular complexity index is 116. The molecule has 1 N–H and O–H groups in total. The summed E-state index contributed by atoms with van der Waals surface area (Å²) in [6, 6.07) is 0. The molecule has 2 heteroatoms. The van der Waals surface area contributed by atoms with Crippen LogP contribution >= 0.6 is 0 Å². The van der Waals surface area contributed by atoms with Crippen molar-refractivity contribution in [3.8, 4) is 0 Å². The summed E-state index contributed by atoms with van der Waals surface area (Å²) in [6.07, 6.45) is 1.19. The average Bonchev–Trinajstić information content (AvgIpc) is 1.90. The molecule has 2 nitrogen and oxygen atoms in total. The summed E-state index contributed by atoms with van der Waals surface area (Å²) in [7, 11) is 0. The second kappa shape index (κ2) is 4.31. The van der Waals surface area contributed by atoms with E-state index >= 15 is 0 Å². The smallest absolute Gasteiger partial charge is 0.0988 e. The van der Waals surface area contributed by atoms with Crippen molar-refractivity contribution >= 4 is 5.84 Å². The first kappa shape index (κ1) is 9.47. The summed E-state index contributed by atoms with van der Waals surface area (Å²) in [4.78, 5) is 4.33. The number of aliphatic imine (C=N–C) groups is 1. The molecule has 0 unspecified atom stereocenters. The maximum atomic E-state index is 4.33. The predicted molar refractivity (Wildman–Crippen MR) is 46.5 cm³/mol. The highest BCUT2D eigenvalue weighted by atomic mass is 15.0. The third-order valence-electron chi connectivity index (χ3n) is 1.47. The van der Waals surface area contributed by atoms with Gasteiger partial charge in [0.15, 0.2) is 0 Å². The SMILES string of the molecule is C.CC(C)C1=NCCCN1. The molecular formula is C8H18N2. The van der Waals surface area contributed by atoms with Gasteiger partial charge < -0.3 is 5.32 Å². The van der Waals surface area contributed by atoms with Crippen molar-refractivity contribution in [2.45, 2.75) is 27.7 Å². The molecule has 1 rings (SSSR count). The standard InChI is InChI=1S/C7H14N2.CH4/c1-6(2)7-8-4-3-5-9-7;/h6H,3-5H2,1-2H3,(H,8,9);1H4. The second-order valence-electron chi connectivity index (χ2n) is 2.70. The molecule has 10 heavy (non-hydrogen) atoms. The van der Waals surface area contributed by atoms with E-state index in [1.807, 2.05) is 0 Å². The Labute approximate surface area is 63.7 Å². The lowest BCUT2D eigenvalue weighted by molar-refractivity contribution is 0.690. The zero-order valence-electron chi connectivity index (χ0n) is 6.15. The third-order valence-corrected chi connectivity index (χ3v) is 1.47. The molecule has 0 aliphatic carbocycles. The summed E-state index contributed by atoms with van der Waals surface area (Å²) in [6.45, 7) is 6.45. The first-order chi connectivity index (χ1) is 4.30. The Kier molecular flexibility index (Phi) is 4.08. The van der Waals surface area contributed by atoms with Crippen molar-refractivity contribution in [3.63, 3.8) is 0 Å². The number of nitrogens with one attached hydrogen (secondary N) is 1. The van der Waals surface area contributed by atoms with Crippen LogP contribution in [0.2, 0.25) is 0 Å². The van der Waals surface area contributed by atoms with Crippen LogP contribution in [0.1, 0.15) is 27.7 Å². The minimum absolute atomic E-state index is 0. The zero-order chi connectivity index (χ0) is 6.69. The molecule has 1 heterocycles. The number of amidine groups is 1. The lowest BCUT2D eigenvalue weighted by Crippen LogP contribution is -2.32. The quantitative estimate of drug-likeness (QED) is 0.591. The first-order valence-electron chi connectivity index (χ1n) is 3.59. The number of nitrogens with zero attached hydrogens (tertiary/aromatic N) is 1. The summed E-state index contributed by atoms with van der Waals surface area (Å²) in [5.41, 5.74) is 0. The summed E-state index contributed by atoms with van der Waals surface area (Å²) in [5, 5.41) is 3.27. The van der Waals surface area contributed by atoms with Gasteiger partial charge in [-0.2, -0.15) is 0 Å². The fraction of sp³-hybridized carbons (Fsp3) is 0.875. The highest BCUT2D eigenvalue weighted by Gasteiger charge is 2.06. The molecule has 0 atom stereocenters. The third kappa shape index (κ3) is 2.38. The van der Waals surface area contributed by atoms with E-state index in [0.29, 0.717) is 5.92 Å². The predicted octanol–water partition coefficient (Wildman–Crippen LogP) is 1.67. The van der Waals surface area contributed by atoms with Crippen molar-refractivity contribution in [3.05, 3.63) is 0 Å². The van der Waals surface area contributed by atoms with Crippen LogP contribution in [0.4, 0.5) is 0 Å². The Morgan fingerprint density at radius 1 is 1.50 bits per heavy atom. The molecule has 0 radical (unpaired) electrons. The van der Waals surface area contributed by atoms with Crippen LogP contribution in [0.25, 0.3) is 0 Å². The Hall–Kier alpha value is -0.530. The van der Waals surface area contributed by atoms with Crippen molar-refractivity contribution in [2.24, 2.45) is 10.9 Å². The van der Waals surface area contributed by atoms with Gasteiger partial charge in [-0.1, -0.05) is 21.3 Å². The maximum absolute atomic E-state index is 4.33. The van der Waals surface area contributed by atoms with Gasteiger partial charge in [0.25, 0.3) is 0 Å². The topological polar surface area (TPSA) is 24.4 Å². The molecule has 0 aromatic carbocycles. The summed E-state index contributed by atoms with van der Waals surface area (Å²) >= 11 is 0. The largest absolute Gasteiger partial charge is 0.374 e. The fourth-order valence-corrected chi connectivity index (χ4v) is 0.938. The van der Waals surface area contributed by atoms with Gasteiger partial charge in [-0.3, -0.25) is 4.99 Å². The minimum Gasteiger partial charge on any atom is -0.374 e. The molecule has 0 amide bonds. The van der Waals surface area contributed by atoms with Crippen LogP contribution < -0.4 is 5.32 Å². The van der Waals surface area contributed by atoms with Crippen molar-refractivity contribution in [1.29, 1.82) is 0 Å². The highest BCUT2D eigenvalue weighted by Crippen LogP contribution is 1.98. The van der Waals surface area contributed by atoms with Crippen LogP contribution in [0.15, 0.2) is 4.99 Å². The van der Waals surface area contributed by atoms with Crippen LogP contribution in [0, 0.1) is 5.92 Å².